The number of benzene rings is 3. The van der Waals surface area contributed by atoms with Gasteiger partial charge in [0.25, 0.3) is 5.91 Å². The van der Waals surface area contributed by atoms with Crippen molar-refractivity contribution in [2.24, 2.45) is 0 Å². The van der Waals surface area contributed by atoms with E-state index in [1.165, 1.54) is 6.07 Å². The summed E-state index contributed by atoms with van der Waals surface area (Å²) in [5.41, 5.74) is -0.494. The highest BCUT2D eigenvalue weighted by molar-refractivity contribution is 6.33. The molecule has 1 unspecified atom stereocenters. The zero-order valence-corrected chi connectivity index (χ0v) is 16.7. The first kappa shape index (κ1) is 19.8. The maximum atomic E-state index is 13.2. The number of hydrogen-bond acceptors (Lipinski definition) is 3. The maximum Gasteiger partial charge on any atom is 0.325 e. The van der Waals surface area contributed by atoms with Crippen molar-refractivity contribution in [1.82, 2.24) is 10.2 Å². The van der Waals surface area contributed by atoms with Gasteiger partial charge in [0, 0.05) is 0 Å². The Balaban J connectivity index is 1.54. The van der Waals surface area contributed by atoms with E-state index in [0.29, 0.717) is 5.56 Å². The van der Waals surface area contributed by atoms with E-state index < -0.39 is 35.7 Å². The molecule has 0 aromatic heterocycles. The van der Waals surface area contributed by atoms with Gasteiger partial charge in [-0.1, -0.05) is 48.0 Å². The molecule has 2 N–H and O–H groups in total. The minimum absolute atomic E-state index is 0.0153. The second-order valence-electron chi connectivity index (χ2n) is 7.18. The number of halogens is 2. The molecule has 4 amide bonds. The number of anilines is 1. The number of nitrogens with zero attached hydrogens (tertiary/aromatic N) is 1. The van der Waals surface area contributed by atoms with E-state index in [2.05, 4.69) is 10.6 Å². The number of hydrogen-bond donors (Lipinski definition) is 2. The predicted molar refractivity (Wildman–Crippen MR) is 112 cm³/mol. The van der Waals surface area contributed by atoms with E-state index in [9.17, 15) is 18.8 Å². The van der Waals surface area contributed by atoms with Crippen molar-refractivity contribution < 1.29 is 18.8 Å². The molecule has 1 atom stereocenters. The fourth-order valence-corrected chi connectivity index (χ4v) is 3.68. The minimum Gasteiger partial charge on any atom is -0.323 e. The van der Waals surface area contributed by atoms with Crippen LogP contribution in [0.2, 0.25) is 5.02 Å². The van der Waals surface area contributed by atoms with Gasteiger partial charge in [-0.25, -0.2) is 9.18 Å². The molecule has 0 saturated carbocycles. The van der Waals surface area contributed by atoms with Gasteiger partial charge in [0.1, 0.15) is 17.9 Å². The summed E-state index contributed by atoms with van der Waals surface area (Å²) in [6, 6.07) is 16.0. The molecule has 8 heteroatoms. The van der Waals surface area contributed by atoms with Crippen molar-refractivity contribution in [3.63, 3.8) is 0 Å². The molecule has 1 aliphatic heterocycles. The summed E-state index contributed by atoms with van der Waals surface area (Å²) in [5.74, 6) is -1.71. The Morgan fingerprint density at radius 2 is 1.83 bits per heavy atom. The summed E-state index contributed by atoms with van der Waals surface area (Å²) in [5, 5.41) is 7.12. The summed E-state index contributed by atoms with van der Waals surface area (Å²) in [6.45, 7) is 1.10. The number of rotatable bonds is 4. The van der Waals surface area contributed by atoms with Crippen LogP contribution in [0.5, 0.6) is 0 Å². The fourth-order valence-electron chi connectivity index (χ4n) is 3.46. The van der Waals surface area contributed by atoms with Crippen LogP contribution in [-0.2, 0) is 15.1 Å². The summed E-state index contributed by atoms with van der Waals surface area (Å²) in [7, 11) is 0. The summed E-state index contributed by atoms with van der Waals surface area (Å²) >= 11 is 5.91. The summed E-state index contributed by atoms with van der Waals surface area (Å²) in [6.07, 6.45) is 0. The van der Waals surface area contributed by atoms with Gasteiger partial charge in [-0.3, -0.25) is 14.5 Å². The van der Waals surface area contributed by atoms with Gasteiger partial charge in [0.05, 0.1) is 10.7 Å². The molecule has 152 valence electrons. The molecule has 3 aromatic carbocycles. The zero-order valence-electron chi connectivity index (χ0n) is 15.9. The quantitative estimate of drug-likeness (QED) is 0.619. The first-order valence-electron chi connectivity index (χ1n) is 9.16. The normalized spacial score (nSPS) is 18.6. The van der Waals surface area contributed by atoms with E-state index in [1.807, 2.05) is 36.4 Å². The molecule has 30 heavy (non-hydrogen) atoms. The summed E-state index contributed by atoms with van der Waals surface area (Å²) in [4.78, 5) is 38.8. The number of amides is 4. The smallest absolute Gasteiger partial charge is 0.323 e. The van der Waals surface area contributed by atoms with Crippen LogP contribution in [0.4, 0.5) is 14.9 Å². The number of carbonyl (C=O) groups is 3. The largest absolute Gasteiger partial charge is 0.325 e. The molecule has 0 radical (unpaired) electrons. The van der Waals surface area contributed by atoms with Crippen molar-refractivity contribution >= 4 is 45.9 Å². The molecule has 1 aliphatic rings. The van der Waals surface area contributed by atoms with Crippen LogP contribution in [0.1, 0.15) is 12.5 Å². The monoisotopic (exact) mass is 425 g/mol. The van der Waals surface area contributed by atoms with E-state index in [4.69, 9.17) is 11.6 Å². The Kier molecular flexibility index (Phi) is 4.91. The van der Waals surface area contributed by atoms with E-state index in [0.717, 1.165) is 27.8 Å². The number of carbonyl (C=O) groups excluding carboxylic acids is 3. The van der Waals surface area contributed by atoms with Crippen molar-refractivity contribution in [2.45, 2.75) is 12.5 Å². The molecular weight excluding hydrogens is 409 g/mol. The molecule has 1 fully saturated rings. The Hall–Kier alpha value is -3.45. The second kappa shape index (κ2) is 7.42. The highest BCUT2D eigenvalue weighted by atomic mass is 35.5. The van der Waals surface area contributed by atoms with Crippen LogP contribution in [0.15, 0.2) is 60.7 Å². The van der Waals surface area contributed by atoms with Crippen molar-refractivity contribution in [2.75, 3.05) is 11.9 Å². The Bertz CT molecular complexity index is 1200. The average molecular weight is 426 g/mol. The standard InChI is InChI=1S/C22H17ClFN3O3/c1-22(15-7-6-13-4-2-3-5-14(13)10-15)20(29)27(21(30)26-22)12-19(28)25-18-9-8-16(24)11-17(18)23/h2-11H,12H2,1H3,(H,25,28)(H,26,30). The second-order valence-corrected chi connectivity index (χ2v) is 7.59. The van der Waals surface area contributed by atoms with E-state index in [1.54, 1.807) is 13.0 Å². The summed E-state index contributed by atoms with van der Waals surface area (Å²) < 4.78 is 13.2. The molecule has 1 saturated heterocycles. The van der Waals surface area contributed by atoms with Crippen LogP contribution < -0.4 is 10.6 Å². The van der Waals surface area contributed by atoms with Gasteiger partial charge in [-0.15, -0.1) is 0 Å². The topological polar surface area (TPSA) is 78.5 Å². The molecule has 0 aliphatic carbocycles. The van der Waals surface area contributed by atoms with Crippen LogP contribution in [0.3, 0.4) is 0 Å². The number of imide groups is 1. The maximum absolute atomic E-state index is 13.2. The van der Waals surface area contributed by atoms with Gasteiger partial charge in [0.2, 0.25) is 5.91 Å². The predicted octanol–water partition coefficient (Wildman–Crippen LogP) is 4.04. The molecule has 3 aromatic rings. The third kappa shape index (κ3) is 3.48. The van der Waals surface area contributed by atoms with Crippen molar-refractivity contribution in [3.05, 3.63) is 77.1 Å². The molecule has 4 rings (SSSR count). The fraction of sp³-hybridized carbons (Fsp3) is 0.136. The number of fused-ring (bicyclic) bond motifs is 1. The highest BCUT2D eigenvalue weighted by Crippen LogP contribution is 2.31. The average Bonchev–Trinajstić information content (AvgIpc) is 2.94. The first-order valence-corrected chi connectivity index (χ1v) is 9.54. The lowest BCUT2D eigenvalue weighted by Crippen LogP contribution is -2.42. The Morgan fingerprint density at radius 1 is 1.10 bits per heavy atom. The minimum atomic E-state index is -1.30. The lowest BCUT2D eigenvalue weighted by molar-refractivity contribution is -0.133. The number of urea groups is 1. The third-order valence-corrected chi connectivity index (χ3v) is 5.42. The Labute approximate surface area is 176 Å². The number of nitrogens with one attached hydrogen (secondary N) is 2. The third-order valence-electron chi connectivity index (χ3n) is 5.11. The lowest BCUT2D eigenvalue weighted by Gasteiger charge is -2.22. The lowest BCUT2D eigenvalue weighted by atomic mass is 9.90. The molecule has 6 nitrogen and oxygen atoms in total. The first-order chi connectivity index (χ1) is 14.3. The molecule has 1 heterocycles. The van der Waals surface area contributed by atoms with Gasteiger partial charge >= 0.3 is 6.03 Å². The SMILES string of the molecule is CC1(c2ccc3ccccc3c2)NC(=O)N(CC(=O)Nc2ccc(F)cc2Cl)C1=O. The van der Waals surface area contributed by atoms with Crippen LogP contribution in [-0.4, -0.2) is 29.3 Å². The molecule has 0 spiro atoms. The van der Waals surface area contributed by atoms with Crippen LogP contribution in [0.25, 0.3) is 10.8 Å². The van der Waals surface area contributed by atoms with E-state index in [-0.39, 0.29) is 10.7 Å². The zero-order chi connectivity index (χ0) is 21.5. The van der Waals surface area contributed by atoms with Gasteiger partial charge in [-0.2, -0.15) is 0 Å². The van der Waals surface area contributed by atoms with Crippen LogP contribution in [0, 0.1) is 5.82 Å². The van der Waals surface area contributed by atoms with Crippen LogP contribution >= 0.6 is 11.6 Å². The van der Waals surface area contributed by atoms with Gasteiger partial charge in [-0.05, 0) is 47.5 Å². The van der Waals surface area contributed by atoms with Gasteiger partial charge in [0.15, 0.2) is 0 Å². The Morgan fingerprint density at radius 3 is 2.57 bits per heavy atom. The van der Waals surface area contributed by atoms with Crippen molar-refractivity contribution in [1.29, 1.82) is 0 Å². The molecular formula is C22H17ClFN3O3. The molecule has 0 bridgehead atoms. The van der Waals surface area contributed by atoms with Gasteiger partial charge < -0.3 is 10.6 Å². The van der Waals surface area contributed by atoms with E-state index >= 15 is 0 Å². The van der Waals surface area contributed by atoms with Crippen molar-refractivity contribution in [3.8, 4) is 0 Å². The highest BCUT2D eigenvalue weighted by Gasteiger charge is 2.49.